The van der Waals surface area contributed by atoms with Crippen LogP contribution >= 0.6 is 11.5 Å². The fourth-order valence-electron chi connectivity index (χ4n) is 1.88. The Kier molecular flexibility index (Phi) is 4.52. The summed E-state index contributed by atoms with van der Waals surface area (Å²) in [6.07, 6.45) is 0.815. The molecule has 2 rings (SSSR count). The number of aromatic nitrogens is 2. The molecule has 19 heavy (non-hydrogen) atoms. The minimum Gasteiger partial charge on any atom is -0.271 e. The summed E-state index contributed by atoms with van der Waals surface area (Å²) in [6.45, 7) is 1.94. The van der Waals surface area contributed by atoms with Gasteiger partial charge in [0.25, 0.3) is 0 Å². The summed E-state index contributed by atoms with van der Waals surface area (Å²) in [5, 5.41) is 3.98. The van der Waals surface area contributed by atoms with Crippen molar-refractivity contribution in [2.24, 2.45) is 5.84 Å². The molecule has 0 saturated heterocycles. The number of rotatable bonds is 5. The Hall–Kier alpha value is -1.44. The van der Waals surface area contributed by atoms with Crippen molar-refractivity contribution in [3.63, 3.8) is 0 Å². The molecule has 0 radical (unpaired) electrons. The number of aryl methyl sites for hydroxylation is 1. The summed E-state index contributed by atoms with van der Waals surface area (Å²) < 4.78 is 31.1. The van der Waals surface area contributed by atoms with Crippen molar-refractivity contribution in [2.45, 2.75) is 25.8 Å². The van der Waals surface area contributed by atoms with E-state index in [9.17, 15) is 8.78 Å². The second-order valence-electron chi connectivity index (χ2n) is 4.06. The van der Waals surface area contributed by atoms with Crippen molar-refractivity contribution in [1.82, 2.24) is 15.0 Å². The van der Waals surface area contributed by atoms with E-state index >= 15 is 0 Å². The molecule has 0 aliphatic heterocycles. The van der Waals surface area contributed by atoms with E-state index in [4.69, 9.17) is 5.84 Å². The van der Waals surface area contributed by atoms with E-state index in [1.165, 1.54) is 29.7 Å². The summed E-state index contributed by atoms with van der Waals surface area (Å²) in [5.74, 6) is 4.35. The monoisotopic (exact) mass is 284 g/mol. The van der Waals surface area contributed by atoms with Gasteiger partial charge in [-0.2, -0.15) is 0 Å². The molecule has 1 atom stereocenters. The molecule has 2 aromatic rings. The first-order chi connectivity index (χ1) is 9.17. The molecule has 0 aliphatic rings. The van der Waals surface area contributed by atoms with Crippen LogP contribution in [0.25, 0.3) is 0 Å². The molecule has 1 unspecified atom stereocenters. The molecular weight excluding hydrogens is 270 g/mol. The van der Waals surface area contributed by atoms with Crippen LogP contribution in [0.2, 0.25) is 0 Å². The maximum Gasteiger partial charge on any atom is 0.129 e. The lowest BCUT2D eigenvalue weighted by Gasteiger charge is -2.15. The lowest BCUT2D eigenvalue weighted by atomic mass is 10.0. The van der Waals surface area contributed by atoms with Gasteiger partial charge in [-0.3, -0.25) is 11.3 Å². The van der Waals surface area contributed by atoms with E-state index in [0.717, 1.165) is 10.6 Å². The molecule has 0 aliphatic carbocycles. The van der Waals surface area contributed by atoms with Crippen molar-refractivity contribution >= 4 is 11.5 Å². The molecule has 0 fully saturated rings. The van der Waals surface area contributed by atoms with Crippen molar-refractivity contribution in [1.29, 1.82) is 0 Å². The summed E-state index contributed by atoms with van der Waals surface area (Å²) in [5.41, 5.74) is 3.39. The molecule has 7 heteroatoms. The molecule has 1 aromatic heterocycles. The predicted octanol–water partition coefficient (Wildman–Crippen LogP) is 2.13. The number of hydrogen-bond acceptors (Lipinski definition) is 5. The Morgan fingerprint density at radius 1 is 1.37 bits per heavy atom. The standard InChI is InChI=1S/C12H14F2N4S/c1-2-10-12(19-18-17-10)11(16-15)6-7-8(13)4-3-5-9(7)14/h3-5,11,16H,2,6,15H2,1H3. The number of nitrogens with zero attached hydrogens (tertiary/aromatic N) is 2. The van der Waals surface area contributed by atoms with Gasteiger partial charge in [0.05, 0.1) is 16.6 Å². The molecule has 4 nitrogen and oxygen atoms in total. The van der Waals surface area contributed by atoms with Crippen LogP contribution in [0.3, 0.4) is 0 Å². The van der Waals surface area contributed by atoms with Crippen LogP contribution in [-0.2, 0) is 12.8 Å². The number of nitrogens with one attached hydrogen (secondary N) is 1. The first kappa shape index (κ1) is 14.0. The summed E-state index contributed by atoms with van der Waals surface area (Å²) in [6, 6.07) is 3.40. The highest BCUT2D eigenvalue weighted by Crippen LogP contribution is 2.26. The van der Waals surface area contributed by atoms with Crippen molar-refractivity contribution < 1.29 is 8.78 Å². The molecule has 1 aromatic carbocycles. The fraction of sp³-hybridized carbons (Fsp3) is 0.333. The van der Waals surface area contributed by atoms with E-state index in [1.54, 1.807) is 0 Å². The highest BCUT2D eigenvalue weighted by Gasteiger charge is 2.21. The van der Waals surface area contributed by atoms with Crippen molar-refractivity contribution in [3.8, 4) is 0 Å². The average Bonchev–Trinajstić information content (AvgIpc) is 2.87. The minimum absolute atomic E-state index is 0.0147. The number of nitrogens with two attached hydrogens (primary N) is 1. The third-order valence-electron chi connectivity index (χ3n) is 2.91. The third-order valence-corrected chi connectivity index (χ3v) is 3.79. The molecule has 1 heterocycles. The first-order valence-corrected chi connectivity index (χ1v) is 6.64. The van der Waals surface area contributed by atoms with E-state index in [0.29, 0.717) is 6.42 Å². The number of benzene rings is 1. The van der Waals surface area contributed by atoms with Crippen LogP contribution in [0.15, 0.2) is 18.2 Å². The number of hydrogen-bond donors (Lipinski definition) is 2. The largest absolute Gasteiger partial charge is 0.271 e. The molecular formula is C12H14F2N4S. The Morgan fingerprint density at radius 2 is 2.05 bits per heavy atom. The molecule has 0 amide bonds. The maximum atomic E-state index is 13.6. The molecule has 102 valence electrons. The van der Waals surface area contributed by atoms with Gasteiger partial charge in [-0.1, -0.05) is 17.5 Å². The number of halogens is 2. The highest BCUT2D eigenvalue weighted by atomic mass is 32.1. The van der Waals surface area contributed by atoms with Crippen LogP contribution in [0.4, 0.5) is 8.78 Å². The fourth-order valence-corrected chi connectivity index (χ4v) is 2.68. The Labute approximate surface area is 113 Å². The van der Waals surface area contributed by atoms with Crippen LogP contribution < -0.4 is 11.3 Å². The second kappa shape index (κ2) is 6.14. The maximum absolute atomic E-state index is 13.6. The Balaban J connectivity index is 2.29. The van der Waals surface area contributed by atoms with Gasteiger partial charge in [0.2, 0.25) is 0 Å². The minimum atomic E-state index is -0.573. The van der Waals surface area contributed by atoms with E-state index in [1.807, 2.05) is 6.92 Å². The SMILES string of the molecule is CCc1nnsc1C(Cc1c(F)cccc1F)NN. The zero-order chi connectivity index (χ0) is 13.8. The predicted molar refractivity (Wildman–Crippen MR) is 69.4 cm³/mol. The van der Waals surface area contributed by atoms with Crippen molar-refractivity contribution in [2.75, 3.05) is 0 Å². The van der Waals surface area contributed by atoms with Gasteiger partial charge in [0.1, 0.15) is 11.6 Å². The van der Waals surface area contributed by atoms with E-state index in [-0.39, 0.29) is 12.0 Å². The van der Waals surface area contributed by atoms with Crippen LogP contribution in [-0.4, -0.2) is 9.59 Å². The zero-order valence-corrected chi connectivity index (χ0v) is 11.2. The normalized spacial score (nSPS) is 12.6. The highest BCUT2D eigenvalue weighted by molar-refractivity contribution is 7.05. The van der Waals surface area contributed by atoms with E-state index in [2.05, 4.69) is 15.0 Å². The van der Waals surface area contributed by atoms with E-state index < -0.39 is 17.7 Å². The van der Waals surface area contributed by atoms with Crippen molar-refractivity contribution in [3.05, 3.63) is 46.0 Å². The van der Waals surface area contributed by atoms with Gasteiger partial charge in [0, 0.05) is 5.56 Å². The van der Waals surface area contributed by atoms with Gasteiger partial charge >= 0.3 is 0 Å². The van der Waals surface area contributed by atoms with Gasteiger partial charge in [0.15, 0.2) is 0 Å². The van der Waals surface area contributed by atoms with Gasteiger partial charge in [-0.25, -0.2) is 8.78 Å². The van der Waals surface area contributed by atoms with Gasteiger partial charge < -0.3 is 0 Å². The van der Waals surface area contributed by atoms with Crippen LogP contribution in [0, 0.1) is 11.6 Å². The summed E-state index contributed by atoms with van der Waals surface area (Å²) >= 11 is 1.19. The van der Waals surface area contributed by atoms with Crippen LogP contribution in [0.1, 0.15) is 29.1 Å². The molecule has 3 N–H and O–H groups in total. The summed E-state index contributed by atoms with van der Waals surface area (Å²) in [7, 11) is 0. The Morgan fingerprint density at radius 3 is 2.63 bits per heavy atom. The van der Waals surface area contributed by atoms with Crippen LogP contribution in [0.5, 0.6) is 0 Å². The lowest BCUT2D eigenvalue weighted by Crippen LogP contribution is -2.30. The number of hydrazine groups is 1. The topological polar surface area (TPSA) is 63.8 Å². The molecule has 0 spiro atoms. The summed E-state index contributed by atoms with van der Waals surface area (Å²) in [4.78, 5) is 0.813. The second-order valence-corrected chi connectivity index (χ2v) is 4.85. The Bertz CT molecular complexity index is 538. The quantitative estimate of drug-likeness (QED) is 0.652. The van der Waals surface area contributed by atoms with Gasteiger partial charge in [-0.05, 0) is 36.5 Å². The molecule has 0 bridgehead atoms. The smallest absolute Gasteiger partial charge is 0.129 e. The molecule has 0 saturated carbocycles. The zero-order valence-electron chi connectivity index (χ0n) is 10.4. The third kappa shape index (κ3) is 2.94. The lowest BCUT2D eigenvalue weighted by molar-refractivity contribution is 0.502. The van der Waals surface area contributed by atoms with Gasteiger partial charge in [-0.15, -0.1) is 5.10 Å². The average molecular weight is 284 g/mol. The first-order valence-electron chi connectivity index (χ1n) is 5.87.